The molecular weight excluding hydrogens is 714 g/mol. The number of aliphatic hydroxyl groups is 1. The summed E-state index contributed by atoms with van der Waals surface area (Å²) in [5.74, 6) is 1.77. The fraction of sp³-hybridized carbons (Fsp3) is 0.487. The Bertz CT molecular complexity index is 1830. The Morgan fingerprint density at radius 2 is 1.65 bits per heavy atom. The molecule has 13 nitrogen and oxygen atoms in total. The summed E-state index contributed by atoms with van der Waals surface area (Å²) in [4.78, 5) is 24.9. The number of halogens is 1. The standard InChI is InChI=1S/C39H52FN6O7P/c1-4-6-7-8-9-10-11-12-13-20-25-51-37(48)32(26-30-21-16-14-17-22-30)45-54(49,53-31-23-18-15-19-24-31)52-28-39(5-2,50-3)33(47)27-46-29-42-34-35(41)43-38(40)44-36(34)46/h2,14-19,21-24,29,32-33,47H,4,6-13,20,25-28H2,1,3H3,(H,45,49)(H2,41,43,44)/t32-,33-,39?,54?/m0/s1. The molecule has 54 heavy (non-hydrogen) atoms. The van der Waals surface area contributed by atoms with Gasteiger partial charge in [-0.05, 0) is 30.5 Å². The van der Waals surface area contributed by atoms with Crippen molar-refractivity contribution in [1.29, 1.82) is 0 Å². The van der Waals surface area contributed by atoms with Gasteiger partial charge < -0.3 is 29.4 Å². The normalized spacial score (nSPS) is 14.8. The molecule has 4 atom stereocenters. The summed E-state index contributed by atoms with van der Waals surface area (Å²) < 4.78 is 53.1. The number of aliphatic hydroxyl groups excluding tert-OH is 1. The average Bonchev–Trinajstić information content (AvgIpc) is 3.57. The number of aromatic nitrogens is 4. The van der Waals surface area contributed by atoms with Crippen molar-refractivity contribution in [2.75, 3.05) is 26.1 Å². The van der Waals surface area contributed by atoms with Crippen LogP contribution in [0.5, 0.6) is 5.75 Å². The van der Waals surface area contributed by atoms with Gasteiger partial charge in [0.1, 0.15) is 30.0 Å². The fourth-order valence-electron chi connectivity index (χ4n) is 5.87. The van der Waals surface area contributed by atoms with E-state index in [9.17, 15) is 18.9 Å². The molecule has 0 radical (unpaired) electrons. The number of terminal acetylenes is 1. The first-order valence-corrected chi connectivity index (χ1v) is 20.0. The Hall–Kier alpha value is -4.38. The first-order chi connectivity index (χ1) is 26.1. The van der Waals surface area contributed by atoms with Crippen LogP contribution in [0.15, 0.2) is 67.0 Å². The second-order valence-electron chi connectivity index (χ2n) is 13.1. The summed E-state index contributed by atoms with van der Waals surface area (Å²) in [6.45, 7) is 1.45. The lowest BCUT2D eigenvalue weighted by atomic mass is 9.98. The molecule has 2 aromatic carbocycles. The maximum absolute atomic E-state index is 14.7. The van der Waals surface area contributed by atoms with E-state index < -0.39 is 44.1 Å². The lowest BCUT2D eigenvalue weighted by Crippen LogP contribution is -2.49. The summed E-state index contributed by atoms with van der Waals surface area (Å²) >= 11 is 0. The van der Waals surface area contributed by atoms with E-state index in [1.165, 1.54) is 56.5 Å². The monoisotopic (exact) mass is 766 g/mol. The van der Waals surface area contributed by atoms with Crippen LogP contribution < -0.4 is 15.3 Å². The lowest BCUT2D eigenvalue weighted by molar-refractivity contribution is -0.146. The van der Waals surface area contributed by atoms with Crippen LogP contribution in [0.2, 0.25) is 0 Å². The number of benzene rings is 2. The molecule has 0 saturated carbocycles. The molecule has 2 heterocycles. The smallest absolute Gasteiger partial charge is 0.459 e. The van der Waals surface area contributed by atoms with Crippen molar-refractivity contribution < 1.29 is 37.4 Å². The Morgan fingerprint density at radius 3 is 2.28 bits per heavy atom. The number of carbonyl (C=O) groups is 1. The minimum absolute atomic E-state index is 0.0156. The number of unbranched alkanes of at least 4 members (excludes halogenated alkanes) is 9. The lowest BCUT2D eigenvalue weighted by Gasteiger charge is -2.33. The molecule has 0 aliphatic heterocycles. The van der Waals surface area contributed by atoms with Crippen LogP contribution in [0.3, 0.4) is 0 Å². The Labute approximate surface area is 316 Å². The Morgan fingerprint density at radius 1 is 1.02 bits per heavy atom. The second kappa shape index (κ2) is 21.5. The van der Waals surface area contributed by atoms with Crippen molar-refractivity contribution in [3.05, 3.63) is 78.6 Å². The van der Waals surface area contributed by atoms with E-state index in [1.807, 2.05) is 30.3 Å². The zero-order chi connectivity index (χ0) is 38.8. The van der Waals surface area contributed by atoms with Gasteiger partial charge in [-0.3, -0.25) is 9.32 Å². The van der Waals surface area contributed by atoms with Crippen LogP contribution in [-0.4, -0.2) is 68.7 Å². The molecule has 0 aliphatic carbocycles. The number of hydrogen-bond donors (Lipinski definition) is 3. The molecule has 2 aromatic heterocycles. The highest BCUT2D eigenvalue weighted by Crippen LogP contribution is 2.46. The number of methoxy groups -OCH3 is 1. The molecule has 0 amide bonds. The molecule has 4 rings (SSSR count). The van der Waals surface area contributed by atoms with Gasteiger partial charge in [0.05, 0.1) is 19.5 Å². The van der Waals surface area contributed by atoms with Gasteiger partial charge in [-0.25, -0.2) is 9.55 Å². The second-order valence-corrected chi connectivity index (χ2v) is 14.8. The third-order valence-electron chi connectivity index (χ3n) is 9.02. The molecule has 4 N–H and O–H groups in total. The van der Waals surface area contributed by atoms with Gasteiger partial charge >= 0.3 is 19.8 Å². The Kier molecular flexibility index (Phi) is 16.9. The minimum Gasteiger partial charge on any atom is -0.465 e. The van der Waals surface area contributed by atoms with Gasteiger partial charge in [0, 0.05) is 7.11 Å². The number of hydrogen-bond acceptors (Lipinski definition) is 11. The number of nitrogen functional groups attached to an aromatic ring is 1. The number of nitrogens with two attached hydrogens (primary N) is 1. The topological polar surface area (TPSA) is 173 Å². The zero-order valence-corrected chi connectivity index (χ0v) is 32.0. The van der Waals surface area contributed by atoms with E-state index >= 15 is 0 Å². The quantitative estimate of drug-likeness (QED) is 0.0212. The number of nitrogens with zero attached hydrogens (tertiary/aromatic N) is 4. The summed E-state index contributed by atoms with van der Waals surface area (Å²) in [6.07, 6.45) is 16.0. The van der Waals surface area contributed by atoms with E-state index in [-0.39, 0.29) is 42.3 Å². The highest BCUT2D eigenvalue weighted by Gasteiger charge is 2.43. The van der Waals surface area contributed by atoms with Crippen LogP contribution in [-0.2, 0) is 36.3 Å². The summed E-state index contributed by atoms with van der Waals surface area (Å²) in [5.41, 5.74) is 4.78. The molecule has 292 valence electrons. The maximum Gasteiger partial charge on any atom is 0.459 e. The number of rotatable bonds is 25. The molecule has 0 saturated heterocycles. The molecule has 0 fully saturated rings. The molecular formula is C39H52FN6O7P. The van der Waals surface area contributed by atoms with Gasteiger partial charge in [-0.1, -0.05) is 119 Å². The van der Waals surface area contributed by atoms with E-state index in [0.717, 1.165) is 24.8 Å². The van der Waals surface area contributed by atoms with Crippen LogP contribution >= 0.6 is 7.75 Å². The number of anilines is 1. The van der Waals surface area contributed by atoms with Crippen molar-refractivity contribution in [2.24, 2.45) is 0 Å². The van der Waals surface area contributed by atoms with Crippen LogP contribution in [0.1, 0.15) is 76.7 Å². The number of ether oxygens (including phenoxy) is 2. The summed E-state index contributed by atoms with van der Waals surface area (Å²) in [7, 11) is -3.24. The fourth-order valence-corrected chi connectivity index (χ4v) is 7.39. The molecule has 0 bridgehead atoms. The number of carbonyl (C=O) groups excluding carboxylic acids is 1. The number of imidazole rings is 1. The van der Waals surface area contributed by atoms with Crippen molar-refractivity contribution >= 4 is 30.7 Å². The third-order valence-corrected chi connectivity index (χ3v) is 10.6. The zero-order valence-electron chi connectivity index (χ0n) is 31.1. The van der Waals surface area contributed by atoms with Crippen LogP contribution in [0, 0.1) is 18.4 Å². The average molecular weight is 767 g/mol. The van der Waals surface area contributed by atoms with Crippen LogP contribution in [0.4, 0.5) is 10.2 Å². The molecule has 2 unspecified atom stereocenters. The predicted molar refractivity (Wildman–Crippen MR) is 205 cm³/mol. The first kappa shape index (κ1) is 42.4. The van der Waals surface area contributed by atoms with Crippen LogP contribution in [0.25, 0.3) is 11.2 Å². The van der Waals surface area contributed by atoms with Gasteiger partial charge in [-0.15, -0.1) is 6.42 Å². The predicted octanol–water partition coefficient (Wildman–Crippen LogP) is 6.80. The summed E-state index contributed by atoms with van der Waals surface area (Å²) in [5, 5.41) is 14.2. The SMILES string of the molecule is C#CC(COP(=O)(N[C@@H](Cc1ccccc1)C(=O)OCCCCCCCCCCCC)Oc1ccccc1)(OC)[C@@H](O)Cn1cnc2c(N)nc(F)nc21. The number of fused-ring (bicyclic) bond motifs is 1. The van der Waals surface area contributed by atoms with Crippen molar-refractivity contribution in [1.82, 2.24) is 24.6 Å². The van der Waals surface area contributed by atoms with Gasteiger partial charge in [0.15, 0.2) is 17.1 Å². The molecule has 15 heteroatoms. The first-order valence-electron chi connectivity index (χ1n) is 18.4. The largest absolute Gasteiger partial charge is 0.465 e. The minimum atomic E-state index is -4.48. The van der Waals surface area contributed by atoms with Crippen molar-refractivity contribution in [3.8, 4) is 18.1 Å². The molecule has 0 aliphatic rings. The van der Waals surface area contributed by atoms with E-state index in [0.29, 0.717) is 6.42 Å². The van der Waals surface area contributed by atoms with Crippen molar-refractivity contribution in [2.45, 2.75) is 102 Å². The van der Waals surface area contributed by atoms with E-state index in [1.54, 1.807) is 30.3 Å². The third kappa shape index (κ3) is 12.6. The highest BCUT2D eigenvalue weighted by molar-refractivity contribution is 7.52. The number of para-hydroxylation sites is 1. The maximum atomic E-state index is 14.7. The van der Waals surface area contributed by atoms with E-state index in [2.05, 4.69) is 32.9 Å². The highest BCUT2D eigenvalue weighted by atomic mass is 31.2. The van der Waals surface area contributed by atoms with Gasteiger partial charge in [-0.2, -0.15) is 19.4 Å². The molecule has 4 aromatic rings. The van der Waals surface area contributed by atoms with Gasteiger partial charge in [0.25, 0.3) is 0 Å². The van der Waals surface area contributed by atoms with Crippen molar-refractivity contribution in [3.63, 3.8) is 0 Å². The summed E-state index contributed by atoms with van der Waals surface area (Å²) in [6, 6.07) is 16.3. The number of nitrogens with one attached hydrogen (secondary N) is 1. The number of esters is 1. The molecule has 0 spiro atoms. The Balaban J connectivity index is 1.48. The van der Waals surface area contributed by atoms with E-state index in [4.69, 9.17) is 30.7 Å². The van der Waals surface area contributed by atoms with Gasteiger partial charge in [0.2, 0.25) is 0 Å².